The van der Waals surface area contributed by atoms with E-state index in [-0.39, 0.29) is 14.5 Å². The summed E-state index contributed by atoms with van der Waals surface area (Å²) in [6.07, 6.45) is 13.9. The SMILES string of the molecule is CCCCC[SiH]1CCC(CCCC[SiH]2CCC(c3ccc(OC(F)F)c(F)c3)CC2)CC1. The van der Waals surface area contributed by atoms with Crippen molar-refractivity contribution in [1.82, 2.24) is 0 Å². The van der Waals surface area contributed by atoms with E-state index < -0.39 is 21.2 Å². The van der Waals surface area contributed by atoms with E-state index in [1.807, 2.05) is 0 Å². The maximum absolute atomic E-state index is 14.0. The van der Waals surface area contributed by atoms with Crippen molar-refractivity contribution in [3.63, 3.8) is 0 Å². The molecular weight excluding hydrogens is 441 g/mol. The van der Waals surface area contributed by atoms with Gasteiger partial charge in [-0.1, -0.05) is 101 Å². The number of ether oxygens (including phenoxy) is 1. The molecule has 0 N–H and O–H groups in total. The van der Waals surface area contributed by atoms with E-state index in [1.54, 1.807) is 24.2 Å². The zero-order valence-corrected chi connectivity index (χ0v) is 22.3. The summed E-state index contributed by atoms with van der Waals surface area (Å²) in [4.78, 5) is 0. The van der Waals surface area contributed by atoms with Gasteiger partial charge in [-0.2, -0.15) is 8.78 Å². The summed E-state index contributed by atoms with van der Waals surface area (Å²) in [5.41, 5.74) is 0.949. The summed E-state index contributed by atoms with van der Waals surface area (Å²) in [6.45, 7) is -0.673. The molecule has 0 saturated carbocycles. The Morgan fingerprint density at radius 2 is 1.53 bits per heavy atom. The minimum atomic E-state index is -2.98. The van der Waals surface area contributed by atoms with Crippen LogP contribution in [0.15, 0.2) is 18.2 Å². The maximum atomic E-state index is 14.0. The van der Waals surface area contributed by atoms with Crippen molar-refractivity contribution in [3.05, 3.63) is 29.6 Å². The van der Waals surface area contributed by atoms with Crippen molar-refractivity contribution < 1.29 is 17.9 Å². The van der Waals surface area contributed by atoms with Crippen LogP contribution in [0.4, 0.5) is 13.2 Å². The van der Waals surface area contributed by atoms with Gasteiger partial charge >= 0.3 is 6.61 Å². The van der Waals surface area contributed by atoms with E-state index >= 15 is 0 Å². The predicted octanol–water partition coefficient (Wildman–Crippen LogP) is 8.53. The number of benzene rings is 1. The lowest BCUT2D eigenvalue weighted by molar-refractivity contribution is -0.0522. The summed E-state index contributed by atoms with van der Waals surface area (Å²) in [5, 5.41) is 0. The lowest BCUT2D eigenvalue weighted by atomic mass is 9.93. The van der Waals surface area contributed by atoms with Crippen molar-refractivity contribution in [2.45, 2.75) is 120 Å². The van der Waals surface area contributed by atoms with Gasteiger partial charge in [0.25, 0.3) is 0 Å². The van der Waals surface area contributed by atoms with Crippen LogP contribution in [0.25, 0.3) is 0 Å². The molecule has 0 spiro atoms. The molecule has 0 amide bonds. The molecule has 32 heavy (non-hydrogen) atoms. The fraction of sp³-hybridized carbons (Fsp3) is 0.769. The number of hydrogen-bond donors (Lipinski definition) is 0. The maximum Gasteiger partial charge on any atom is 0.387 e. The van der Waals surface area contributed by atoms with Gasteiger partial charge in [-0.3, -0.25) is 0 Å². The van der Waals surface area contributed by atoms with E-state index in [0.717, 1.165) is 24.3 Å². The number of hydrogen-bond acceptors (Lipinski definition) is 1. The molecule has 0 radical (unpaired) electrons. The van der Waals surface area contributed by atoms with Crippen LogP contribution in [0.1, 0.15) is 82.6 Å². The highest BCUT2D eigenvalue weighted by atomic mass is 28.3. The van der Waals surface area contributed by atoms with Crippen molar-refractivity contribution >= 4 is 17.6 Å². The van der Waals surface area contributed by atoms with E-state index in [0.29, 0.717) is 5.92 Å². The molecule has 3 rings (SSSR count). The Bertz CT molecular complexity index is 656. The molecule has 1 aromatic carbocycles. The molecule has 0 unspecified atom stereocenters. The summed E-state index contributed by atoms with van der Waals surface area (Å²) in [5.74, 6) is 0.388. The van der Waals surface area contributed by atoms with Gasteiger partial charge in [0.1, 0.15) is 0 Å². The highest BCUT2D eigenvalue weighted by Gasteiger charge is 2.25. The number of unbranched alkanes of at least 4 members (excludes halogenated alkanes) is 3. The van der Waals surface area contributed by atoms with Crippen molar-refractivity contribution in [3.8, 4) is 5.75 Å². The molecule has 0 aliphatic carbocycles. The quantitative estimate of drug-likeness (QED) is 0.213. The highest BCUT2D eigenvalue weighted by Crippen LogP contribution is 2.37. The van der Waals surface area contributed by atoms with Crippen LogP contribution in [0.2, 0.25) is 36.3 Å². The Balaban J connectivity index is 1.27. The van der Waals surface area contributed by atoms with Crippen molar-refractivity contribution in [2.75, 3.05) is 0 Å². The number of halogens is 3. The fourth-order valence-electron chi connectivity index (χ4n) is 6.10. The summed E-state index contributed by atoms with van der Waals surface area (Å²) in [7, 11) is -1.00. The molecule has 2 aliphatic heterocycles. The third-order valence-corrected chi connectivity index (χ3v) is 15.2. The predicted molar refractivity (Wildman–Crippen MR) is 134 cm³/mol. The Kier molecular flexibility index (Phi) is 11.2. The fourth-order valence-corrected chi connectivity index (χ4v) is 13.2. The van der Waals surface area contributed by atoms with Crippen LogP contribution in [-0.2, 0) is 0 Å². The topological polar surface area (TPSA) is 9.23 Å². The average molecular weight is 485 g/mol. The molecule has 2 fully saturated rings. The summed E-state index contributed by atoms with van der Waals surface area (Å²) < 4.78 is 42.9. The largest absolute Gasteiger partial charge is 0.432 e. The lowest BCUT2D eigenvalue weighted by Gasteiger charge is -2.29. The standard InChI is InChI=1S/C26H43F3OSi2/c1-2-3-5-14-31-16-10-21(11-17-31)7-4-6-15-32-18-12-22(13-19-32)23-8-9-25(24(27)20-23)30-26(28)29/h8-9,20-22,26,31-32H,2-7,10-19H2,1H3. The first kappa shape index (κ1) is 25.9. The van der Waals surface area contributed by atoms with E-state index in [9.17, 15) is 13.2 Å². The van der Waals surface area contributed by atoms with Gasteiger partial charge < -0.3 is 4.74 Å². The Hall–Kier alpha value is -0.756. The third-order valence-electron chi connectivity index (χ3n) is 8.15. The van der Waals surface area contributed by atoms with E-state index in [2.05, 4.69) is 11.7 Å². The Morgan fingerprint density at radius 3 is 2.12 bits per heavy atom. The van der Waals surface area contributed by atoms with Gasteiger partial charge in [0.2, 0.25) is 0 Å². The second kappa shape index (κ2) is 13.8. The number of rotatable bonds is 12. The first-order valence-corrected chi connectivity index (χ1v) is 18.2. The second-order valence-corrected chi connectivity index (χ2v) is 17.4. The van der Waals surface area contributed by atoms with Gasteiger partial charge in [0, 0.05) is 17.6 Å². The molecule has 1 aromatic rings. The Labute approximate surface area is 196 Å². The zero-order chi connectivity index (χ0) is 22.8. The van der Waals surface area contributed by atoms with Gasteiger partial charge in [0.05, 0.1) is 0 Å². The normalized spacial score (nSPS) is 26.4. The smallest absolute Gasteiger partial charge is 0.387 e. The van der Waals surface area contributed by atoms with Crippen molar-refractivity contribution in [2.24, 2.45) is 5.92 Å². The van der Waals surface area contributed by atoms with Crippen LogP contribution >= 0.6 is 0 Å². The first-order valence-electron chi connectivity index (χ1n) is 13.3. The van der Waals surface area contributed by atoms with Gasteiger partial charge in [-0.25, -0.2) is 4.39 Å². The molecule has 0 bridgehead atoms. The minimum Gasteiger partial charge on any atom is -0.432 e. The van der Waals surface area contributed by atoms with Crippen LogP contribution < -0.4 is 4.74 Å². The third kappa shape index (κ3) is 8.55. The summed E-state index contributed by atoms with van der Waals surface area (Å²) in [6, 6.07) is 13.5. The van der Waals surface area contributed by atoms with Gasteiger partial charge in [0.15, 0.2) is 11.6 Å². The number of alkyl halides is 2. The van der Waals surface area contributed by atoms with E-state index in [1.165, 1.54) is 81.6 Å². The average Bonchev–Trinajstić information content (AvgIpc) is 2.79. The van der Waals surface area contributed by atoms with Crippen LogP contribution in [0.3, 0.4) is 0 Å². The molecule has 2 saturated heterocycles. The minimum absolute atomic E-state index is 0.348. The molecule has 0 aromatic heterocycles. The second-order valence-electron chi connectivity index (χ2n) is 10.5. The molecule has 2 heterocycles. The molecular formula is C26H43F3OSi2. The van der Waals surface area contributed by atoms with E-state index in [4.69, 9.17) is 0 Å². The van der Waals surface area contributed by atoms with Gasteiger partial charge in [-0.15, -0.1) is 0 Å². The van der Waals surface area contributed by atoms with Crippen LogP contribution in [-0.4, -0.2) is 24.2 Å². The molecule has 0 atom stereocenters. The highest BCUT2D eigenvalue weighted by molar-refractivity contribution is 6.59. The van der Waals surface area contributed by atoms with Gasteiger partial charge in [-0.05, 0) is 42.4 Å². The Morgan fingerprint density at radius 1 is 0.906 bits per heavy atom. The molecule has 6 heteroatoms. The molecule has 2 aliphatic rings. The molecule has 182 valence electrons. The first-order chi connectivity index (χ1) is 15.5. The van der Waals surface area contributed by atoms with Crippen LogP contribution in [0, 0.1) is 11.7 Å². The summed E-state index contributed by atoms with van der Waals surface area (Å²) >= 11 is 0. The van der Waals surface area contributed by atoms with Crippen LogP contribution in [0.5, 0.6) is 5.75 Å². The zero-order valence-electron chi connectivity index (χ0n) is 20.0. The molecule has 1 nitrogen and oxygen atoms in total. The van der Waals surface area contributed by atoms with Crippen molar-refractivity contribution in [1.29, 1.82) is 0 Å². The lowest BCUT2D eigenvalue weighted by Crippen LogP contribution is -2.22. The monoisotopic (exact) mass is 484 g/mol.